The minimum atomic E-state index is -0.867. The van der Waals surface area contributed by atoms with E-state index in [1.807, 2.05) is 37.4 Å². The van der Waals surface area contributed by atoms with Crippen molar-refractivity contribution in [3.05, 3.63) is 65.4 Å². The van der Waals surface area contributed by atoms with Crippen LogP contribution < -0.4 is 10.5 Å². The van der Waals surface area contributed by atoms with Crippen molar-refractivity contribution in [3.63, 3.8) is 0 Å². The Balaban J connectivity index is 1.49. The number of nitrogens with one attached hydrogen (secondary N) is 1. The van der Waals surface area contributed by atoms with Gasteiger partial charge in [-0.15, -0.1) is 0 Å². The molecule has 3 aromatic rings. The number of ether oxygens (including phenoxy) is 1. The summed E-state index contributed by atoms with van der Waals surface area (Å²) in [7, 11) is 0. The summed E-state index contributed by atoms with van der Waals surface area (Å²) < 4.78 is 6.32. The summed E-state index contributed by atoms with van der Waals surface area (Å²) >= 11 is 0. The van der Waals surface area contributed by atoms with Crippen molar-refractivity contribution in [2.45, 2.75) is 38.3 Å². The Morgan fingerprint density at radius 2 is 2.10 bits per heavy atom. The van der Waals surface area contributed by atoms with Crippen molar-refractivity contribution in [1.29, 1.82) is 0 Å². The van der Waals surface area contributed by atoms with Crippen LogP contribution in [0.3, 0.4) is 0 Å². The average Bonchev–Trinajstić information content (AvgIpc) is 3.09. The summed E-state index contributed by atoms with van der Waals surface area (Å²) in [5.41, 5.74) is 9.19. The van der Waals surface area contributed by atoms with Crippen LogP contribution in [0.2, 0.25) is 0 Å². The predicted octanol–water partition coefficient (Wildman–Crippen LogP) is 3.25. The second-order valence-electron chi connectivity index (χ2n) is 8.61. The molecule has 3 atom stereocenters. The number of hydrogen-bond donors (Lipinski definition) is 2. The molecule has 1 saturated heterocycles. The number of H-pyrrole nitrogens is 1. The fourth-order valence-electron chi connectivity index (χ4n) is 5.11. The molecule has 3 heterocycles. The lowest BCUT2D eigenvalue weighted by molar-refractivity contribution is -0.175. The number of amides is 2. The Labute approximate surface area is 175 Å². The summed E-state index contributed by atoms with van der Waals surface area (Å²) in [6.45, 7) is 4.45. The average molecular weight is 403 g/mol. The van der Waals surface area contributed by atoms with E-state index in [9.17, 15) is 9.59 Å². The van der Waals surface area contributed by atoms with Crippen LogP contribution in [0, 0.1) is 12.8 Å². The van der Waals surface area contributed by atoms with Crippen molar-refractivity contribution < 1.29 is 14.3 Å². The minimum absolute atomic E-state index is 0.244. The maximum Gasteiger partial charge on any atom is 0.238 e. The van der Waals surface area contributed by atoms with Crippen LogP contribution in [0.5, 0.6) is 5.75 Å². The number of rotatable bonds is 4. The molecule has 0 radical (unpaired) electrons. The van der Waals surface area contributed by atoms with Gasteiger partial charge < -0.3 is 20.4 Å². The van der Waals surface area contributed by atoms with E-state index in [0.717, 1.165) is 27.8 Å². The van der Waals surface area contributed by atoms with Crippen molar-refractivity contribution in [1.82, 2.24) is 9.88 Å². The Kier molecular flexibility index (Phi) is 4.13. The van der Waals surface area contributed by atoms with Crippen molar-refractivity contribution >= 4 is 22.7 Å². The van der Waals surface area contributed by atoms with Gasteiger partial charge in [0, 0.05) is 36.0 Å². The van der Waals surface area contributed by atoms with Gasteiger partial charge in [-0.2, -0.15) is 0 Å². The normalized spacial score (nSPS) is 25.1. The molecule has 2 aliphatic heterocycles. The van der Waals surface area contributed by atoms with Crippen molar-refractivity contribution in [2.75, 3.05) is 6.54 Å². The number of aromatic amines is 1. The fraction of sp³-hybridized carbons (Fsp3) is 0.333. The number of hydrogen-bond acceptors (Lipinski definition) is 3. The van der Waals surface area contributed by atoms with Gasteiger partial charge in [0.1, 0.15) is 11.7 Å². The SMILES string of the molecule is Cc1ccc2[nH]cc(CCN3C(=O)C(C(N)=O)C4CC3(C)Oc3ccccc34)c2c1. The molecular weight excluding hydrogens is 378 g/mol. The Bertz CT molecular complexity index is 1170. The molecule has 0 saturated carbocycles. The lowest BCUT2D eigenvalue weighted by Crippen LogP contribution is -2.64. The lowest BCUT2D eigenvalue weighted by atomic mass is 9.73. The highest BCUT2D eigenvalue weighted by molar-refractivity contribution is 6.02. The van der Waals surface area contributed by atoms with E-state index in [0.29, 0.717) is 19.4 Å². The number of nitrogens with two attached hydrogens (primary N) is 1. The fourth-order valence-corrected chi connectivity index (χ4v) is 5.11. The Morgan fingerprint density at radius 3 is 2.90 bits per heavy atom. The number of carbonyl (C=O) groups excluding carboxylic acids is 2. The Hall–Kier alpha value is -3.28. The first-order chi connectivity index (χ1) is 14.4. The molecule has 5 rings (SSSR count). The van der Waals surface area contributed by atoms with Gasteiger partial charge in [0.25, 0.3) is 0 Å². The molecule has 30 heavy (non-hydrogen) atoms. The zero-order chi connectivity index (χ0) is 21.0. The second kappa shape index (κ2) is 6.62. The van der Waals surface area contributed by atoms with Crippen LogP contribution in [0.15, 0.2) is 48.7 Å². The van der Waals surface area contributed by atoms with Gasteiger partial charge in [0.05, 0.1) is 0 Å². The van der Waals surface area contributed by atoms with Gasteiger partial charge in [-0.25, -0.2) is 0 Å². The highest BCUT2D eigenvalue weighted by Gasteiger charge is 2.55. The molecular formula is C24H25N3O3. The summed E-state index contributed by atoms with van der Waals surface area (Å²) in [6, 6.07) is 13.9. The van der Waals surface area contributed by atoms with Crippen LogP contribution in [-0.4, -0.2) is 34.0 Å². The number of carbonyl (C=O) groups is 2. The number of nitrogens with zero attached hydrogens (tertiary/aromatic N) is 1. The van der Waals surface area contributed by atoms with Crippen molar-refractivity contribution in [3.8, 4) is 5.75 Å². The smallest absolute Gasteiger partial charge is 0.238 e. The number of fused-ring (bicyclic) bond motifs is 5. The molecule has 2 bridgehead atoms. The van der Waals surface area contributed by atoms with Crippen LogP contribution in [0.1, 0.15) is 36.0 Å². The molecule has 6 heteroatoms. The number of piperidine rings is 1. The number of primary amides is 1. The van der Waals surface area contributed by atoms with Gasteiger partial charge in [-0.1, -0.05) is 29.8 Å². The van der Waals surface area contributed by atoms with Crippen LogP contribution in [0.25, 0.3) is 10.9 Å². The summed E-state index contributed by atoms with van der Waals surface area (Å²) in [5.74, 6) is -1.21. The van der Waals surface area contributed by atoms with Gasteiger partial charge >= 0.3 is 0 Å². The van der Waals surface area contributed by atoms with E-state index in [1.54, 1.807) is 4.90 Å². The first kappa shape index (κ1) is 18.7. The minimum Gasteiger partial charge on any atom is -0.468 e. The number of para-hydroxylation sites is 1. The molecule has 1 aromatic heterocycles. The first-order valence-corrected chi connectivity index (χ1v) is 10.3. The second-order valence-corrected chi connectivity index (χ2v) is 8.61. The van der Waals surface area contributed by atoms with E-state index in [4.69, 9.17) is 10.5 Å². The maximum atomic E-state index is 13.4. The molecule has 3 unspecified atom stereocenters. The summed E-state index contributed by atoms with van der Waals surface area (Å²) in [5, 5.41) is 1.16. The Morgan fingerprint density at radius 1 is 1.30 bits per heavy atom. The molecule has 3 N–H and O–H groups in total. The lowest BCUT2D eigenvalue weighted by Gasteiger charge is -2.52. The van der Waals surface area contributed by atoms with E-state index >= 15 is 0 Å². The van der Waals surface area contributed by atoms with E-state index in [1.165, 1.54) is 5.56 Å². The standard InChI is InChI=1S/C24H25N3O3/c1-14-7-8-19-17(11-14)15(13-26-19)9-10-27-23(29)21(22(25)28)18-12-24(27,2)30-20-6-4-3-5-16(18)20/h3-8,11,13,18,21,26H,9-10,12H2,1-2H3,(H2,25,28). The maximum absolute atomic E-state index is 13.4. The van der Waals surface area contributed by atoms with Crippen LogP contribution >= 0.6 is 0 Å². The topological polar surface area (TPSA) is 88.4 Å². The number of benzene rings is 2. The van der Waals surface area contributed by atoms with E-state index in [2.05, 4.69) is 30.1 Å². The summed E-state index contributed by atoms with van der Waals surface area (Å²) in [6.07, 6.45) is 3.20. The quantitative estimate of drug-likeness (QED) is 0.656. The van der Waals surface area contributed by atoms with Gasteiger partial charge in [0.2, 0.25) is 11.8 Å². The third kappa shape index (κ3) is 2.78. The number of likely N-dealkylation sites (tertiary alicyclic amines) is 1. The van der Waals surface area contributed by atoms with Gasteiger partial charge in [-0.3, -0.25) is 9.59 Å². The molecule has 1 fully saturated rings. The number of aromatic nitrogens is 1. The summed E-state index contributed by atoms with van der Waals surface area (Å²) in [4.78, 5) is 30.7. The third-order valence-corrected chi connectivity index (χ3v) is 6.59. The van der Waals surface area contributed by atoms with Gasteiger partial charge in [0.15, 0.2) is 5.72 Å². The zero-order valence-electron chi connectivity index (χ0n) is 17.1. The molecule has 154 valence electrons. The third-order valence-electron chi connectivity index (χ3n) is 6.59. The molecule has 0 aliphatic carbocycles. The molecule has 2 amide bonds. The van der Waals surface area contributed by atoms with E-state index < -0.39 is 17.6 Å². The largest absolute Gasteiger partial charge is 0.468 e. The first-order valence-electron chi connectivity index (χ1n) is 10.3. The monoisotopic (exact) mass is 403 g/mol. The van der Waals surface area contributed by atoms with E-state index in [-0.39, 0.29) is 11.8 Å². The van der Waals surface area contributed by atoms with Crippen LogP contribution in [-0.2, 0) is 16.0 Å². The van der Waals surface area contributed by atoms with Crippen molar-refractivity contribution in [2.24, 2.45) is 11.7 Å². The molecule has 6 nitrogen and oxygen atoms in total. The molecule has 2 aromatic carbocycles. The highest BCUT2D eigenvalue weighted by atomic mass is 16.5. The number of aryl methyl sites for hydroxylation is 1. The predicted molar refractivity (Wildman–Crippen MR) is 114 cm³/mol. The zero-order valence-corrected chi connectivity index (χ0v) is 17.1. The molecule has 2 aliphatic rings. The van der Waals surface area contributed by atoms with Gasteiger partial charge in [-0.05, 0) is 49.6 Å². The van der Waals surface area contributed by atoms with Crippen LogP contribution in [0.4, 0.5) is 0 Å². The highest BCUT2D eigenvalue weighted by Crippen LogP contribution is 2.50. The molecule has 0 spiro atoms.